The van der Waals surface area contributed by atoms with Gasteiger partial charge >= 0.3 is 0 Å². The second-order valence-electron chi connectivity index (χ2n) is 6.66. The monoisotopic (exact) mass is 362 g/mol. The van der Waals surface area contributed by atoms with Crippen LogP contribution in [-0.2, 0) is 16.0 Å². The Labute approximate surface area is 154 Å². The predicted octanol–water partition coefficient (Wildman–Crippen LogP) is 1.27. The molecule has 0 spiro atoms. The van der Waals surface area contributed by atoms with Gasteiger partial charge < -0.3 is 19.9 Å². The summed E-state index contributed by atoms with van der Waals surface area (Å²) in [5.74, 6) is 0.755. The Morgan fingerprint density at radius 1 is 1.23 bits per heavy atom. The first kappa shape index (κ1) is 18.6. The van der Waals surface area contributed by atoms with Gasteiger partial charge in [0, 0.05) is 46.4 Å². The molecular weight excluding hydrogens is 335 g/mol. The second kappa shape index (κ2) is 8.98. The van der Waals surface area contributed by atoms with Gasteiger partial charge in [0.05, 0.1) is 0 Å². The van der Waals surface area contributed by atoms with Crippen LogP contribution < -0.4 is 5.32 Å². The number of hydrogen-bond acceptors (Lipinski definition) is 3. The van der Waals surface area contributed by atoms with Crippen LogP contribution in [0.1, 0.15) is 18.4 Å². The topological polar surface area (TPSA) is 57.2 Å². The molecule has 1 unspecified atom stereocenters. The molecule has 1 amide bonds. The maximum absolute atomic E-state index is 12.9. The fourth-order valence-electron chi connectivity index (χ4n) is 3.42. The summed E-state index contributed by atoms with van der Waals surface area (Å²) in [5.41, 5.74) is 1.08. The minimum Gasteiger partial charge on any atom is -0.368 e. The Morgan fingerprint density at radius 3 is 2.54 bits per heavy atom. The number of ether oxygens (including phenoxy) is 1. The van der Waals surface area contributed by atoms with Crippen molar-refractivity contribution in [2.75, 3.05) is 46.4 Å². The van der Waals surface area contributed by atoms with Crippen molar-refractivity contribution >= 4 is 11.9 Å². The molecule has 1 aromatic carbocycles. The summed E-state index contributed by atoms with van der Waals surface area (Å²) in [6, 6.07) is 6.56. The highest BCUT2D eigenvalue weighted by Gasteiger charge is 2.30. The number of amides is 1. The zero-order valence-electron chi connectivity index (χ0n) is 15.3. The normalized spacial score (nSPS) is 21.2. The van der Waals surface area contributed by atoms with Gasteiger partial charge in [-0.1, -0.05) is 12.1 Å². The van der Waals surface area contributed by atoms with Crippen molar-refractivity contribution in [3.8, 4) is 0 Å². The minimum atomic E-state index is -0.241. The van der Waals surface area contributed by atoms with Gasteiger partial charge in [0.1, 0.15) is 11.9 Å². The van der Waals surface area contributed by atoms with E-state index >= 15 is 0 Å². The lowest BCUT2D eigenvalue weighted by Crippen LogP contribution is -2.55. The molecule has 3 rings (SSSR count). The average Bonchev–Trinajstić information content (AvgIpc) is 3.21. The van der Waals surface area contributed by atoms with E-state index in [9.17, 15) is 9.18 Å². The van der Waals surface area contributed by atoms with Crippen molar-refractivity contribution < 1.29 is 13.9 Å². The Kier molecular flexibility index (Phi) is 6.44. The zero-order chi connectivity index (χ0) is 18.4. The third-order valence-corrected chi connectivity index (χ3v) is 4.92. The van der Waals surface area contributed by atoms with Gasteiger partial charge in [0.25, 0.3) is 5.91 Å². The van der Waals surface area contributed by atoms with Crippen LogP contribution in [0.25, 0.3) is 0 Å². The van der Waals surface area contributed by atoms with Gasteiger partial charge in [-0.2, -0.15) is 0 Å². The number of benzene rings is 1. The number of nitrogens with zero attached hydrogens (tertiary/aromatic N) is 3. The molecule has 0 aromatic heterocycles. The summed E-state index contributed by atoms with van der Waals surface area (Å²) in [6.07, 6.45) is 2.37. The van der Waals surface area contributed by atoms with E-state index in [1.54, 1.807) is 19.2 Å². The van der Waals surface area contributed by atoms with Crippen LogP contribution in [0.2, 0.25) is 0 Å². The molecule has 2 saturated heterocycles. The standard InChI is InChI=1S/C19H27FN4O2/c1-21-19(22-9-8-15-4-6-16(20)7-5-15)24-12-10-23(11-13-24)18(25)17-3-2-14-26-17/h4-7,17H,2-3,8-14H2,1H3,(H,21,22). The molecular formula is C19H27FN4O2. The van der Waals surface area contributed by atoms with Crippen molar-refractivity contribution in [1.29, 1.82) is 0 Å². The van der Waals surface area contributed by atoms with Gasteiger partial charge in [0.2, 0.25) is 0 Å². The Morgan fingerprint density at radius 2 is 1.92 bits per heavy atom. The first-order valence-corrected chi connectivity index (χ1v) is 9.28. The van der Waals surface area contributed by atoms with Crippen molar-refractivity contribution in [1.82, 2.24) is 15.1 Å². The first-order chi connectivity index (χ1) is 12.7. The van der Waals surface area contributed by atoms with E-state index in [4.69, 9.17) is 4.74 Å². The van der Waals surface area contributed by atoms with Crippen LogP contribution in [0.5, 0.6) is 0 Å². The highest BCUT2D eigenvalue weighted by Crippen LogP contribution is 2.16. The molecule has 26 heavy (non-hydrogen) atoms. The number of aliphatic imine (C=N–C) groups is 1. The lowest BCUT2D eigenvalue weighted by Gasteiger charge is -2.37. The van der Waals surface area contributed by atoms with E-state index < -0.39 is 0 Å². The number of hydrogen-bond donors (Lipinski definition) is 1. The van der Waals surface area contributed by atoms with Crippen LogP contribution in [-0.4, -0.2) is 74.1 Å². The largest absolute Gasteiger partial charge is 0.368 e. The molecule has 2 heterocycles. The molecule has 0 saturated carbocycles. The fourth-order valence-corrected chi connectivity index (χ4v) is 3.42. The molecule has 2 fully saturated rings. The molecule has 0 radical (unpaired) electrons. The summed E-state index contributed by atoms with van der Waals surface area (Å²) < 4.78 is 18.4. The highest BCUT2D eigenvalue weighted by atomic mass is 19.1. The average molecular weight is 362 g/mol. The minimum absolute atomic E-state index is 0.126. The van der Waals surface area contributed by atoms with Gasteiger partial charge in [-0.3, -0.25) is 9.79 Å². The van der Waals surface area contributed by atoms with Crippen molar-refractivity contribution in [2.24, 2.45) is 4.99 Å². The molecule has 0 bridgehead atoms. The SMILES string of the molecule is CN=C(NCCc1ccc(F)cc1)N1CCN(C(=O)C2CCCO2)CC1. The van der Waals surface area contributed by atoms with E-state index in [0.29, 0.717) is 19.7 Å². The third kappa shape index (κ3) is 4.72. The van der Waals surface area contributed by atoms with E-state index in [2.05, 4.69) is 15.2 Å². The Bertz CT molecular complexity index is 621. The number of piperazine rings is 1. The number of guanidine groups is 1. The summed E-state index contributed by atoms with van der Waals surface area (Å²) in [5, 5.41) is 3.36. The zero-order valence-corrected chi connectivity index (χ0v) is 15.3. The molecule has 1 N–H and O–H groups in total. The van der Waals surface area contributed by atoms with E-state index in [1.807, 2.05) is 4.90 Å². The molecule has 2 aliphatic rings. The molecule has 0 aliphatic carbocycles. The number of halogens is 1. The fraction of sp³-hybridized carbons (Fsp3) is 0.579. The van der Waals surface area contributed by atoms with Gasteiger partial charge in [-0.25, -0.2) is 4.39 Å². The predicted molar refractivity (Wildman–Crippen MR) is 98.6 cm³/mol. The number of carbonyl (C=O) groups excluding carboxylic acids is 1. The molecule has 1 atom stereocenters. The molecule has 7 heteroatoms. The van der Waals surface area contributed by atoms with Gasteiger partial charge in [-0.15, -0.1) is 0 Å². The summed E-state index contributed by atoms with van der Waals surface area (Å²) >= 11 is 0. The summed E-state index contributed by atoms with van der Waals surface area (Å²) in [7, 11) is 1.77. The van der Waals surface area contributed by atoms with E-state index in [0.717, 1.165) is 50.4 Å². The smallest absolute Gasteiger partial charge is 0.251 e. The Balaban J connectivity index is 1.43. The number of nitrogens with one attached hydrogen (secondary N) is 1. The van der Waals surface area contributed by atoms with Gasteiger partial charge in [0.15, 0.2) is 5.96 Å². The quantitative estimate of drug-likeness (QED) is 0.647. The second-order valence-corrected chi connectivity index (χ2v) is 6.66. The van der Waals surface area contributed by atoms with Crippen LogP contribution >= 0.6 is 0 Å². The molecule has 142 valence electrons. The van der Waals surface area contributed by atoms with Crippen LogP contribution in [0.15, 0.2) is 29.3 Å². The van der Waals surface area contributed by atoms with Crippen molar-refractivity contribution in [3.63, 3.8) is 0 Å². The lowest BCUT2D eigenvalue weighted by atomic mass is 10.1. The van der Waals surface area contributed by atoms with Crippen LogP contribution in [0.4, 0.5) is 4.39 Å². The van der Waals surface area contributed by atoms with E-state index in [1.165, 1.54) is 12.1 Å². The van der Waals surface area contributed by atoms with Gasteiger partial charge in [-0.05, 0) is 37.0 Å². The summed E-state index contributed by atoms with van der Waals surface area (Å²) in [4.78, 5) is 20.8. The lowest BCUT2D eigenvalue weighted by molar-refractivity contribution is -0.142. The highest BCUT2D eigenvalue weighted by molar-refractivity contribution is 5.82. The van der Waals surface area contributed by atoms with Crippen LogP contribution in [0.3, 0.4) is 0 Å². The Hall–Kier alpha value is -2.15. The maximum atomic E-state index is 12.9. The summed E-state index contributed by atoms with van der Waals surface area (Å²) in [6.45, 7) is 4.33. The molecule has 6 nitrogen and oxygen atoms in total. The molecule has 2 aliphatic heterocycles. The number of rotatable bonds is 4. The van der Waals surface area contributed by atoms with Crippen molar-refractivity contribution in [3.05, 3.63) is 35.6 Å². The maximum Gasteiger partial charge on any atom is 0.251 e. The first-order valence-electron chi connectivity index (χ1n) is 9.28. The van der Waals surface area contributed by atoms with Crippen LogP contribution in [0, 0.1) is 5.82 Å². The molecule has 1 aromatic rings. The third-order valence-electron chi connectivity index (χ3n) is 4.92. The van der Waals surface area contributed by atoms with E-state index in [-0.39, 0.29) is 17.8 Å². The number of carbonyl (C=O) groups is 1. The van der Waals surface area contributed by atoms with Crippen molar-refractivity contribution in [2.45, 2.75) is 25.4 Å².